The van der Waals surface area contributed by atoms with Crippen LogP contribution in [0.2, 0.25) is 0 Å². The summed E-state index contributed by atoms with van der Waals surface area (Å²) in [6.45, 7) is 4.06. The van der Waals surface area contributed by atoms with Crippen LogP contribution in [0.15, 0.2) is 28.9 Å². The molecule has 3 N–H and O–H groups in total. The second-order valence-corrected chi connectivity index (χ2v) is 7.62. The van der Waals surface area contributed by atoms with Gasteiger partial charge in [-0.25, -0.2) is 0 Å². The quantitative estimate of drug-likeness (QED) is 0.844. The van der Waals surface area contributed by atoms with Gasteiger partial charge in [-0.05, 0) is 49.8 Å². The highest BCUT2D eigenvalue weighted by Crippen LogP contribution is 2.42. The second kappa shape index (κ2) is 7.06. The Morgan fingerprint density at radius 2 is 2.11 bits per heavy atom. The topological polar surface area (TPSA) is 101 Å². The lowest BCUT2D eigenvalue weighted by Crippen LogP contribution is -2.35. The molecule has 4 rings (SSSR count). The van der Waals surface area contributed by atoms with Gasteiger partial charge in [-0.3, -0.25) is 9.59 Å². The molecule has 0 spiro atoms. The molecule has 0 unspecified atom stereocenters. The Kier molecular flexibility index (Phi) is 4.59. The van der Waals surface area contributed by atoms with E-state index in [9.17, 15) is 9.59 Å². The molecule has 2 aromatic rings. The van der Waals surface area contributed by atoms with E-state index in [1.165, 1.54) is 12.6 Å². The number of anilines is 2. The normalized spacial score (nSPS) is 19.7. The van der Waals surface area contributed by atoms with E-state index in [0.717, 1.165) is 38.0 Å². The van der Waals surface area contributed by atoms with E-state index in [4.69, 9.17) is 10.3 Å². The molecule has 7 nitrogen and oxygen atoms in total. The molecule has 1 aromatic heterocycles. The van der Waals surface area contributed by atoms with Crippen LogP contribution in [-0.4, -0.2) is 30.1 Å². The highest BCUT2D eigenvalue weighted by molar-refractivity contribution is 6.07. The summed E-state index contributed by atoms with van der Waals surface area (Å²) in [6, 6.07) is 5.23. The molecule has 2 amide bonds. The molecule has 1 aliphatic carbocycles. The number of carbonyl (C=O) groups is 2. The predicted octanol–water partition coefficient (Wildman–Crippen LogP) is 3.14. The fourth-order valence-electron chi connectivity index (χ4n) is 3.72. The second-order valence-electron chi connectivity index (χ2n) is 7.62. The number of nitrogens with one attached hydrogen (secondary N) is 1. The van der Waals surface area contributed by atoms with Crippen molar-refractivity contribution in [3.63, 3.8) is 0 Å². The van der Waals surface area contributed by atoms with Crippen molar-refractivity contribution < 1.29 is 14.1 Å². The number of nitrogens with two attached hydrogens (primary N) is 1. The summed E-state index contributed by atoms with van der Waals surface area (Å²) in [5.41, 5.74) is 7.76. The van der Waals surface area contributed by atoms with Crippen molar-refractivity contribution in [2.75, 3.05) is 23.3 Å². The maximum absolute atomic E-state index is 12.9. The number of benzene rings is 1. The Morgan fingerprint density at radius 1 is 1.30 bits per heavy atom. The summed E-state index contributed by atoms with van der Waals surface area (Å²) in [6.07, 6.45) is 5.79. The van der Waals surface area contributed by atoms with Crippen LogP contribution in [0.1, 0.15) is 65.0 Å². The average Bonchev–Trinajstić information content (AvgIpc) is 3.37. The zero-order valence-corrected chi connectivity index (χ0v) is 15.4. The number of piperidine rings is 1. The fourth-order valence-corrected chi connectivity index (χ4v) is 3.72. The molecule has 2 fully saturated rings. The maximum atomic E-state index is 12.9. The Labute approximate surface area is 157 Å². The zero-order chi connectivity index (χ0) is 19.0. The minimum absolute atomic E-state index is 0.272. The summed E-state index contributed by atoms with van der Waals surface area (Å²) in [4.78, 5) is 26.7. The first-order valence-corrected chi connectivity index (χ1v) is 9.47. The Morgan fingerprint density at radius 3 is 2.81 bits per heavy atom. The number of nitrogens with zero attached hydrogens (tertiary/aromatic N) is 2. The van der Waals surface area contributed by atoms with Crippen LogP contribution in [0.3, 0.4) is 0 Å². The van der Waals surface area contributed by atoms with Crippen molar-refractivity contribution >= 4 is 23.2 Å². The summed E-state index contributed by atoms with van der Waals surface area (Å²) in [7, 11) is 0. The van der Waals surface area contributed by atoms with E-state index in [0.29, 0.717) is 28.5 Å². The molecule has 0 radical (unpaired) electrons. The van der Waals surface area contributed by atoms with E-state index in [-0.39, 0.29) is 11.8 Å². The number of primary amides is 1. The van der Waals surface area contributed by atoms with Crippen molar-refractivity contribution in [3.05, 3.63) is 41.3 Å². The molecular weight excluding hydrogens is 344 g/mol. The van der Waals surface area contributed by atoms with Crippen LogP contribution in [0.4, 0.5) is 11.4 Å². The van der Waals surface area contributed by atoms with Crippen molar-refractivity contribution in [1.82, 2.24) is 5.16 Å². The Bertz CT molecular complexity index is 872. The van der Waals surface area contributed by atoms with Gasteiger partial charge in [-0.15, -0.1) is 0 Å². The lowest BCUT2D eigenvalue weighted by atomic mass is 9.99. The van der Waals surface area contributed by atoms with Crippen molar-refractivity contribution in [1.29, 1.82) is 0 Å². The highest BCUT2D eigenvalue weighted by atomic mass is 16.5. The summed E-state index contributed by atoms with van der Waals surface area (Å²) in [5, 5.41) is 6.75. The first-order chi connectivity index (χ1) is 13.0. The van der Waals surface area contributed by atoms with Gasteiger partial charge in [0.05, 0.1) is 17.6 Å². The van der Waals surface area contributed by atoms with Gasteiger partial charge in [-0.2, -0.15) is 0 Å². The largest absolute Gasteiger partial charge is 0.370 e. The monoisotopic (exact) mass is 368 g/mol. The van der Waals surface area contributed by atoms with Crippen LogP contribution in [-0.2, 0) is 0 Å². The van der Waals surface area contributed by atoms with Gasteiger partial charge in [0.1, 0.15) is 5.56 Å². The van der Waals surface area contributed by atoms with Gasteiger partial charge in [0.25, 0.3) is 5.91 Å². The minimum atomic E-state index is -0.521. The lowest BCUT2D eigenvalue weighted by Gasteiger charge is -2.34. The lowest BCUT2D eigenvalue weighted by molar-refractivity contribution is 0.0996. The van der Waals surface area contributed by atoms with E-state index in [2.05, 4.69) is 22.3 Å². The van der Waals surface area contributed by atoms with Gasteiger partial charge >= 0.3 is 0 Å². The molecular formula is C20H24N4O3. The van der Waals surface area contributed by atoms with Crippen molar-refractivity contribution in [2.45, 2.75) is 38.5 Å². The van der Waals surface area contributed by atoms with E-state index < -0.39 is 5.91 Å². The van der Waals surface area contributed by atoms with Gasteiger partial charge in [-0.1, -0.05) is 12.1 Å². The van der Waals surface area contributed by atoms with Crippen LogP contribution in [0.25, 0.3) is 0 Å². The van der Waals surface area contributed by atoms with Crippen LogP contribution < -0.4 is 16.0 Å². The SMILES string of the molecule is C[C@H]1CCCN(c2ccc(C(N)=O)cc2NC(=O)c2cnoc2C2CC2)C1. The number of hydrogen-bond donors (Lipinski definition) is 2. The smallest absolute Gasteiger partial charge is 0.260 e. The number of amides is 2. The van der Waals surface area contributed by atoms with Crippen LogP contribution in [0, 0.1) is 5.92 Å². The molecule has 1 aliphatic heterocycles. The molecule has 1 aromatic carbocycles. The van der Waals surface area contributed by atoms with E-state index >= 15 is 0 Å². The first kappa shape index (κ1) is 17.6. The van der Waals surface area contributed by atoms with Gasteiger partial charge in [0, 0.05) is 24.6 Å². The van der Waals surface area contributed by atoms with Crippen molar-refractivity contribution in [3.8, 4) is 0 Å². The average molecular weight is 368 g/mol. The molecule has 142 valence electrons. The van der Waals surface area contributed by atoms with Crippen LogP contribution in [0.5, 0.6) is 0 Å². The molecule has 27 heavy (non-hydrogen) atoms. The highest BCUT2D eigenvalue weighted by Gasteiger charge is 2.32. The third-order valence-corrected chi connectivity index (χ3v) is 5.32. The summed E-state index contributed by atoms with van der Waals surface area (Å²) >= 11 is 0. The molecule has 2 aliphatic rings. The van der Waals surface area contributed by atoms with E-state index in [1.54, 1.807) is 12.1 Å². The van der Waals surface area contributed by atoms with Gasteiger partial charge in [0.2, 0.25) is 5.91 Å². The minimum Gasteiger partial charge on any atom is -0.370 e. The number of carbonyl (C=O) groups excluding carboxylic acids is 2. The summed E-state index contributed by atoms with van der Waals surface area (Å²) < 4.78 is 5.27. The standard InChI is InChI=1S/C20H24N4O3/c1-12-3-2-8-24(11-12)17-7-6-14(19(21)25)9-16(17)23-20(26)15-10-22-27-18(15)13-4-5-13/h6-7,9-10,12-13H,2-5,8,11H2,1H3,(H2,21,25)(H,23,26)/t12-/m0/s1. The zero-order valence-electron chi connectivity index (χ0n) is 15.4. The Balaban J connectivity index is 1.64. The van der Waals surface area contributed by atoms with Gasteiger partial charge < -0.3 is 20.5 Å². The molecule has 1 saturated heterocycles. The Hall–Kier alpha value is -2.83. The number of rotatable bonds is 5. The van der Waals surface area contributed by atoms with Crippen molar-refractivity contribution in [2.24, 2.45) is 11.7 Å². The van der Waals surface area contributed by atoms with Crippen LogP contribution >= 0.6 is 0 Å². The molecule has 1 atom stereocenters. The molecule has 7 heteroatoms. The third-order valence-electron chi connectivity index (χ3n) is 5.32. The maximum Gasteiger partial charge on any atom is 0.260 e. The number of aromatic nitrogens is 1. The molecule has 0 bridgehead atoms. The number of hydrogen-bond acceptors (Lipinski definition) is 5. The third kappa shape index (κ3) is 3.67. The molecule has 1 saturated carbocycles. The summed E-state index contributed by atoms with van der Waals surface area (Å²) in [5.74, 6) is 0.718. The van der Waals surface area contributed by atoms with Gasteiger partial charge in [0.15, 0.2) is 5.76 Å². The first-order valence-electron chi connectivity index (χ1n) is 9.47. The van der Waals surface area contributed by atoms with E-state index in [1.807, 2.05) is 6.07 Å². The molecule has 2 heterocycles. The fraction of sp³-hybridized carbons (Fsp3) is 0.450. The predicted molar refractivity (Wildman–Crippen MR) is 102 cm³/mol.